The molecule has 0 saturated heterocycles. The summed E-state index contributed by atoms with van der Waals surface area (Å²) in [6.45, 7) is 2.13. The predicted octanol–water partition coefficient (Wildman–Crippen LogP) is 1.52. The van der Waals surface area contributed by atoms with Gasteiger partial charge in [0.2, 0.25) is 0 Å². The van der Waals surface area contributed by atoms with Crippen molar-refractivity contribution in [2.75, 3.05) is 6.61 Å². The van der Waals surface area contributed by atoms with Gasteiger partial charge in [0.05, 0.1) is 0 Å². The fourth-order valence-electron chi connectivity index (χ4n) is 1.06. The molecule has 0 unspecified atom stereocenters. The van der Waals surface area contributed by atoms with Crippen LogP contribution in [-0.4, -0.2) is 17.6 Å². The second-order valence-corrected chi connectivity index (χ2v) is 3.28. The fraction of sp³-hybridized carbons (Fsp3) is 0.556. The molecule has 0 aromatic carbocycles. The van der Waals surface area contributed by atoms with Crippen LogP contribution < -0.4 is 5.73 Å². The van der Waals surface area contributed by atoms with Crippen molar-refractivity contribution in [3.8, 4) is 0 Å². The molecule has 3 nitrogen and oxygen atoms in total. The van der Waals surface area contributed by atoms with Crippen LogP contribution in [0.25, 0.3) is 0 Å². The van der Waals surface area contributed by atoms with E-state index in [1.807, 2.05) is 0 Å². The molecule has 1 aromatic rings. The molecule has 14 heavy (non-hydrogen) atoms. The summed E-state index contributed by atoms with van der Waals surface area (Å²) in [4.78, 5) is 0. The Labute approximate surface area is 80.5 Å². The first-order chi connectivity index (χ1) is 6.38. The van der Waals surface area contributed by atoms with E-state index in [4.69, 9.17) is 15.3 Å². The maximum Gasteiger partial charge on any atom is 0.292 e. The molecule has 3 N–H and O–H groups in total. The highest BCUT2D eigenvalue weighted by Crippen LogP contribution is 2.30. The summed E-state index contributed by atoms with van der Waals surface area (Å²) in [5, 5.41) is 8.43. The van der Waals surface area contributed by atoms with E-state index in [-0.39, 0.29) is 5.76 Å². The average Bonchev–Trinajstić information content (AvgIpc) is 2.45. The highest BCUT2D eigenvalue weighted by atomic mass is 19.3. The van der Waals surface area contributed by atoms with Crippen molar-refractivity contribution < 1.29 is 18.3 Å². The minimum Gasteiger partial charge on any atom is -0.464 e. The molecule has 0 aliphatic carbocycles. The van der Waals surface area contributed by atoms with Crippen LogP contribution in [0.3, 0.4) is 0 Å². The van der Waals surface area contributed by atoms with E-state index in [9.17, 15) is 8.78 Å². The maximum atomic E-state index is 12.9. The molecule has 1 aromatic heterocycles. The lowest BCUT2D eigenvalue weighted by Crippen LogP contribution is -2.35. The first-order valence-electron chi connectivity index (χ1n) is 4.19. The first kappa shape index (κ1) is 11.1. The number of nitrogens with two attached hydrogens (primary N) is 1. The molecule has 0 bridgehead atoms. The Hall–Kier alpha value is -0.940. The monoisotopic (exact) mass is 205 g/mol. The van der Waals surface area contributed by atoms with Gasteiger partial charge in [-0.05, 0) is 25.5 Å². The normalized spacial score (nSPS) is 14.4. The van der Waals surface area contributed by atoms with Crippen molar-refractivity contribution in [1.82, 2.24) is 0 Å². The van der Waals surface area contributed by atoms with Gasteiger partial charge in [-0.2, -0.15) is 0 Å². The van der Waals surface area contributed by atoms with Crippen LogP contribution in [0, 0.1) is 13.8 Å². The number of halogens is 2. The van der Waals surface area contributed by atoms with Crippen LogP contribution >= 0.6 is 0 Å². The van der Waals surface area contributed by atoms with Crippen molar-refractivity contribution >= 4 is 0 Å². The second-order valence-electron chi connectivity index (χ2n) is 3.28. The zero-order chi connectivity index (χ0) is 10.9. The highest BCUT2D eigenvalue weighted by molar-refractivity contribution is 5.21. The number of hydrogen-bond acceptors (Lipinski definition) is 3. The quantitative estimate of drug-likeness (QED) is 0.786. The third-order valence-corrected chi connectivity index (χ3v) is 2.16. The molecule has 0 saturated carbocycles. The van der Waals surface area contributed by atoms with Gasteiger partial charge in [-0.15, -0.1) is 0 Å². The summed E-state index contributed by atoms with van der Waals surface area (Å²) >= 11 is 0. The van der Waals surface area contributed by atoms with Crippen molar-refractivity contribution in [2.45, 2.75) is 25.8 Å². The highest BCUT2D eigenvalue weighted by Gasteiger charge is 2.39. The Kier molecular flexibility index (Phi) is 2.92. The number of aryl methyl sites for hydroxylation is 2. The summed E-state index contributed by atoms with van der Waals surface area (Å²) < 4.78 is 30.9. The molecule has 0 aliphatic heterocycles. The van der Waals surface area contributed by atoms with Crippen molar-refractivity contribution in [3.05, 3.63) is 23.2 Å². The summed E-state index contributed by atoms with van der Waals surface area (Å²) in [6.07, 6.45) is 0. The van der Waals surface area contributed by atoms with Crippen molar-refractivity contribution in [3.63, 3.8) is 0 Å². The number of hydrogen-bond donors (Lipinski definition) is 2. The van der Waals surface area contributed by atoms with Crippen LogP contribution in [-0.2, 0) is 0 Å². The molecular weight excluding hydrogens is 192 g/mol. The number of furan rings is 1. The largest absolute Gasteiger partial charge is 0.464 e. The number of aliphatic hydroxyl groups excluding tert-OH is 1. The molecule has 0 aliphatic rings. The summed E-state index contributed by atoms with van der Waals surface area (Å²) in [5.74, 6) is -2.79. The number of aliphatic hydroxyl groups is 1. The van der Waals surface area contributed by atoms with E-state index in [0.29, 0.717) is 5.76 Å². The molecule has 0 spiro atoms. The van der Waals surface area contributed by atoms with Crippen LogP contribution in [0.2, 0.25) is 0 Å². The lowest BCUT2D eigenvalue weighted by molar-refractivity contribution is -0.0756. The van der Waals surface area contributed by atoms with E-state index < -0.39 is 18.6 Å². The van der Waals surface area contributed by atoms with E-state index in [1.54, 1.807) is 13.8 Å². The van der Waals surface area contributed by atoms with Gasteiger partial charge in [0.15, 0.2) is 0 Å². The van der Waals surface area contributed by atoms with Crippen LogP contribution in [0.1, 0.15) is 23.1 Å². The van der Waals surface area contributed by atoms with Gasteiger partial charge in [-0.25, -0.2) is 8.78 Å². The number of alkyl halides is 2. The zero-order valence-electron chi connectivity index (χ0n) is 8.05. The van der Waals surface area contributed by atoms with Crippen LogP contribution in [0.15, 0.2) is 10.5 Å². The first-order valence-corrected chi connectivity index (χ1v) is 4.19. The Morgan fingerprint density at radius 3 is 2.50 bits per heavy atom. The Morgan fingerprint density at radius 1 is 1.57 bits per heavy atom. The standard InChI is InChI=1S/C9H13F2NO2/c1-5-3-7(14-6(5)2)8(12)9(10,11)4-13/h3,8,13H,4,12H2,1-2H3/t8-/m0/s1. The molecule has 1 rings (SSSR count). The summed E-state index contributed by atoms with van der Waals surface area (Å²) in [6, 6.07) is -0.135. The van der Waals surface area contributed by atoms with Gasteiger partial charge >= 0.3 is 0 Å². The topological polar surface area (TPSA) is 59.4 Å². The van der Waals surface area contributed by atoms with Crippen LogP contribution in [0.5, 0.6) is 0 Å². The zero-order valence-corrected chi connectivity index (χ0v) is 8.05. The van der Waals surface area contributed by atoms with Gasteiger partial charge in [-0.1, -0.05) is 0 Å². The SMILES string of the molecule is Cc1cc([C@H](N)C(F)(F)CO)oc1C. The molecule has 0 radical (unpaired) electrons. The van der Waals surface area contributed by atoms with Gasteiger partial charge in [0.1, 0.15) is 24.2 Å². The Balaban J connectivity index is 2.94. The predicted molar refractivity (Wildman–Crippen MR) is 47.1 cm³/mol. The molecule has 0 fully saturated rings. The third kappa shape index (κ3) is 1.93. The van der Waals surface area contributed by atoms with Crippen molar-refractivity contribution in [1.29, 1.82) is 0 Å². The number of rotatable bonds is 3. The minimum absolute atomic E-state index is 0.000880. The molecule has 5 heteroatoms. The van der Waals surface area contributed by atoms with E-state index in [2.05, 4.69) is 0 Å². The van der Waals surface area contributed by atoms with Crippen molar-refractivity contribution in [2.24, 2.45) is 5.73 Å². The average molecular weight is 205 g/mol. The molecule has 80 valence electrons. The fourth-order valence-corrected chi connectivity index (χ4v) is 1.06. The minimum atomic E-state index is -3.35. The van der Waals surface area contributed by atoms with Crippen LogP contribution in [0.4, 0.5) is 8.78 Å². The van der Waals surface area contributed by atoms with Gasteiger partial charge < -0.3 is 15.3 Å². The molecule has 1 atom stereocenters. The van der Waals surface area contributed by atoms with Gasteiger partial charge in [0, 0.05) is 0 Å². The molecular formula is C9H13F2NO2. The second kappa shape index (κ2) is 3.67. The Morgan fingerprint density at radius 2 is 2.14 bits per heavy atom. The van der Waals surface area contributed by atoms with E-state index >= 15 is 0 Å². The summed E-state index contributed by atoms with van der Waals surface area (Å²) in [5.41, 5.74) is 6.03. The maximum absolute atomic E-state index is 12.9. The Bertz CT molecular complexity index is 303. The molecule has 0 amide bonds. The lowest BCUT2D eigenvalue weighted by Gasteiger charge is -2.18. The van der Waals surface area contributed by atoms with E-state index in [1.165, 1.54) is 6.07 Å². The van der Waals surface area contributed by atoms with Gasteiger partial charge in [-0.3, -0.25) is 0 Å². The smallest absolute Gasteiger partial charge is 0.292 e. The van der Waals surface area contributed by atoms with Gasteiger partial charge in [0.25, 0.3) is 5.92 Å². The summed E-state index contributed by atoms with van der Waals surface area (Å²) in [7, 11) is 0. The lowest BCUT2D eigenvalue weighted by atomic mass is 10.1. The third-order valence-electron chi connectivity index (χ3n) is 2.16. The van der Waals surface area contributed by atoms with E-state index in [0.717, 1.165) is 5.56 Å². The molecule has 1 heterocycles.